The molecule has 2 unspecified atom stereocenters. The maximum atomic E-state index is 11.4. The smallest absolute Gasteiger partial charge is 0.748 e. The van der Waals surface area contributed by atoms with Crippen LogP contribution in [0.3, 0.4) is 0 Å². The summed E-state index contributed by atoms with van der Waals surface area (Å²) in [4.78, 5) is 0. The van der Waals surface area contributed by atoms with Gasteiger partial charge in [-0.25, -0.2) is 8.42 Å². The maximum absolute atomic E-state index is 11.4. The fourth-order valence-electron chi connectivity index (χ4n) is 3.67. The molecule has 0 amide bonds. The Morgan fingerprint density at radius 3 is 1.36 bits per heavy atom. The predicted octanol–water partition coefficient (Wildman–Crippen LogP) is 3.33. The molecule has 0 spiro atoms. The third kappa shape index (κ3) is 19.5. The Bertz CT molecular complexity index is 415. The number of aliphatic hydroxyl groups excluding tert-OH is 1. The zero-order valence-electron chi connectivity index (χ0n) is 19.0. The Balaban J connectivity index is 0. The van der Waals surface area contributed by atoms with Gasteiger partial charge in [0.2, 0.25) is 0 Å². The maximum Gasteiger partial charge on any atom is 1.00 e. The monoisotopic (exact) mass is 444 g/mol. The van der Waals surface area contributed by atoms with E-state index in [1.807, 2.05) is 6.92 Å². The predicted molar refractivity (Wildman–Crippen MR) is 114 cm³/mol. The second-order valence-electron chi connectivity index (χ2n) is 8.13. The van der Waals surface area contributed by atoms with Crippen LogP contribution >= 0.6 is 0 Å². The molecule has 0 rings (SSSR count). The van der Waals surface area contributed by atoms with Crippen LogP contribution in [0.2, 0.25) is 0 Å². The topological polar surface area (TPSA) is 77.4 Å². The van der Waals surface area contributed by atoms with Crippen LogP contribution in [0.25, 0.3) is 0 Å². The molecular weight excluding hydrogens is 399 g/mol. The minimum absolute atomic E-state index is 0. The number of hydrogen-bond donors (Lipinski definition) is 1. The molecule has 0 saturated carbocycles. The van der Waals surface area contributed by atoms with Crippen LogP contribution in [0.1, 0.15) is 129 Å². The zero-order chi connectivity index (χ0) is 20.4. The quantitative estimate of drug-likeness (QED) is 0.177. The molecule has 0 aromatic carbocycles. The average molecular weight is 445 g/mol. The van der Waals surface area contributed by atoms with E-state index in [2.05, 4.69) is 6.92 Å². The Labute approximate surface area is 218 Å². The van der Waals surface area contributed by atoms with Crippen LogP contribution in [0.5, 0.6) is 0 Å². The summed E-state index contributed by atoms with van der Waals surface area (Å²) < 4.78 is 34.2. The molecule has 0 aromatic heterocycles. The Morgan fingerprint density at radius 1 is 0.643 bits per heavy atom. The van der Waals surface area contributed by atoms with E-state index in [0.717, 1.165) is 25.7 Å². The van der Waals surface area contributed by atoms with Crippen molar-refractivity contribution in [2.24, 2.45) is 0 Å². The number of hydrogen-bond acceptors (Lipinski definition) is 4. The first-order valence-corrected chi connectivity index (χ1v) is 13.0. The van der Waals surface area contributed by atoms with Crippen LogP contribution in [0.4, 0.5) is 0 Å². The second kappa shape index (κ2) is 21.7. The average Bonchev–Trinajstić information content (AvgIpc) is 2.62. The summed E-state index contributed by atoms with van der Waals surface area (Å²) in [5, 5.41) is 8.88. The van der Waals surface area contributed by atoms with Gasteiger partial charge in [-0.1, -0.05) is 117 Å². The molecule has 0 fully saturated rings. The van der Waals surface area contributed by atoms with Crippen molar-refractivity contribution in [3.8, 4) is 0 Å². The van der Waals surface area contributed by atoms with Gasteiger partial charge in [0.15, 0.2) is 0 Å². The molecule has 0 aromatic rings. The Kier molecular flexibility index (Phi) is 24.6. The summed E-state index contributed by atoms with van der Waals surface area (Å²) >= 11 is 0. The standard InChI is InChI=1S/C22H46O4S.K/c1-3-5-7-8-9-10-11-12-13-14-15-16-17-18-20-22(27(24,25)26)21(23)19-6-4-2;/h21-23H,3-20H2,1-2H3,(H,24,25,26);/q;+1/p-1. The molecule has 0 heterocycles. The van der Waals surface area contributed by atoms with Crippen LogP contribution in [-0.4, -0.2) is 29.4 Å². The molecule has 0 aliphatic rings. The van der Waals surface area contributed by atoms with Crippen molar-refractivity contribution in [1.82, 2.24) is 0 Å². The van der Waals surface area contributed by atoms with Crippen molar-refractivity contribution in [3.63, 3.8) is 0 Å². The van der Waals surface area contributed by atoms with Crippen LogP contribution < -0.4 is 51.4 Å². The summed E-state index contributed by atoms with van der Waals surface area (Å²) in [5.74, 6) is 0. The van der Waals surface area contributed by atoms with E-state index < -0.39 is 21.5 Å². The van der Waals surface area contributed by atoms with E-state index in [9.17, 15) is 18.1 Å². The van der Waals surface area contributed by atoms with Crippen molar-refractivity contribution >= 4 is 10.1 Å². The van der Waals surface area contributed by atoms with Gasteiger partial charge < -0.3 is 9.66 Å². The van der Waals surface area contributed by atoms with Crippen molar-refractivity contribution < 1.29 is 69.5 Å². The van der Waals surface area contributed by atoms with Crippen LogP contribution in [0, 0.1) is 0 Å². The molecule has 0 bridgehead atoms. The van der Waals surface area contributed by atoms with Gasteiger partial charge in [0.1, 0.15) is 10.1 Å². The van der Waals surface area contributed by atoms with E-state index >= 15 is 0 Å². The molecular formula is C22H45KO4S. The van der Waals surface area contributed by atoms with E-state index in [4.69, 9.17) is 0 Å². The van der Waals surface area contributed by atoms with Gasteiger partial charge in [-0.3, -0.25) is 0 Å². The van der Waals surface area contributed by atoms with Crippen LogP contribution in [0.15, 0.2) is 0 Å². The Morgan fingerprint density at radius 2 is 1.00 bits per heavy atom. The first kappa shape index (κ1) is 31.7. The number of rotatable bonds is 20. The van der Waals surface area contributed by atoms with Crippen molar-refractivity contribution in [3.05, 3.63) is 0 Å². The van der Waals surface area contributed by atoms with E-state index in [0.29, 0.717) is 19.3 Å². The number of aliphatic hydroxyl groups is 1. The summed E-state index contributed by atoms with van der Waals surface area (Å²) in [6, 6.07) is 0. The Hall–Kier alpha value is 1.51. The fourth-order valence-corrected chi connectivity index (χ4v) is 4.64. The zero-order valence-corrected chi connectivity index (χ0v) is 22.9. The van der Waals surface area contributed by atoms with Gasteiger partial charge in [0, 0.05) is 0 Å². The van der Waals surface area contributed by atoms with Gasteiger partial charge >= 0.3 is 51.4 Å². The molecule has 0 aliphatic carbocycles. The fraction of sp³-hybridized carbons (Fsp3) is 1.00. The van der Waals surface area contributed by atoms with E-state index in [-0.39, 0.29) is 51.4 Å². The summed E-state index contributed by atoms with van der Waals surface area (Å²) in [7, 11) is -4.41. The second-order valence-corrected chi connectivity index (χ2v) is 9.72. The minimum Gasteiger partial charge on any atom is -0.748 e. The molecule has 0 aliphatic heterocycles. The molecule has 0 radical (unpaired) electrons. The first-order valence-electron chi connectivity index (χ1n) is 11.6. The summed E-state index contributed by atoms with van der Waals surface area (Å²) in [6.07, 6.45) is 18.7. The van der Waals surface area contributed by atoms with Crippen LogP contribution in [-0.2, 0) is 10.1 Å². The third-order valence-electron chi connectivity index (χ3n) is 5.50. The largest absolute Gasteiger partial charge is 1.00 e. The molecule has 28 heavy (non-hydrogen) atoms. The van der Waals surface area contributed by atoms with Gasteiger partial charge in [0.25, 0.3) is 0 Å². The van der Waals surface area contributed by atoms with Crippen molar-refractivity contribution in [1.29, 1.82) is 0 Å². The summed E-state index contributed by atoms with van der Waals surface area (Å²) in [6.45, 7) is 4.24. The van der Waals surface area contributed by atoms with Gasteiger partial charge in [-0.05, 0) is 12.8 Å². The minimum atomic E-state index is -4.41. The number of unbranched alkanes of at least 4 members (excludes halogenated alkanes) is 14. The molecule has 1 N–H and O–H groups in total. The molecule has 6 heteroatoms. The molecule has 2 atom stereocenters. The van der Waals surface area contributed by atoms with Gasteiger partial charge in [-0.15, -0.1) is 0 Å². The van der Waals surface area contributed by atoms with Crippen molar-refractivity contribution in [2.45, 2.75) is 141 Å². The van der Waals surface area contributed by atoms with Crippen molar-refractivity contribution in [2.75, 3.05) is 0 Å². The molecule has 164 valence electrons. The SMILES string of the molecule is CCCCCCCCCCCCCCCCC(C(O)CCCC)S(=O)(=O)[O-].[K+]. The van der Waals surface area contributed by atoms with E-state index in [1.54, 1.807) is 0 Å². The molecule has 4 nitrogen and oxygen atoms in total. The van der Waals surface area contributed by atoms with Gasteiger partial charge in [-0.2, -0.15) is 0 Å². The molecule has 0 saturated heterocycles. The normalized spacial score (nSPS) is 13.9. The van der Waals surface area contributed by atoms with Gasteiger partial charge in [0.05, 0.1) is 11.4 Å². The third-order valence-corrected chi connectivity index (χ3v) is 6.79. The van der Waals surface area contributed by atoms with E-state index in [1.165, 1.54) is 70.6 Å². The first-order chi connectivity index (χ1) is 12.9. The summed E-state index contributed by atoms with van der Waals surface area (Å²) in [5.41, 5.74) is 0.